The highest BCUT2D eigenvalue weighted by atomic mass is 32.1. The van der Waals surface area contributed by atoms with Gasteiger partial charge in [0.25, 0.3) is 5.91 Å². The Labute approximate surface area is 146 Å². The Morgan fingerprint density at radius 3 is 3.00 bits per heavy atom. The summed E-state index contributed by atoms with van der Waals surface area (Å²) < 4.78 is 5.74. The van der Waals surface area contributed by atoms with Gasteiger partial charge in [0.2, 0.25) is 0 Å². The Morgan fingerprint density at radius 2 is 2.20 bits per heavy atom. The van der Waals surface area contributed by atoms with Gasteiger partial charge in [-0.25, -0.2) is 4.98 Å². The zero-order valence-corrected chi connectivity index (χ0v) is 14.0. The van der Waals surface area contributed by atoms with E-state index in [1.54, 1.807) is 17.4 Å². The average Bonchev–Trinajstić information content (AvgIpc) is 3.06. The Hall–Kier alpha value is -2.93. The van der Waals surface area contributed by atoms with Gasteiger partial charge in [0.1, 0.15) is 5.52 Å². The van der Waals surface area contributed by atoms with E-state index in [0.29, 0.717) is 17.3 Å². The number of carbonyl (C=O) groups excluding carboxylic acids is 1. The van der Waals surface area contributed by atoms with E-state index >= 15 is 0 Å². The molecule has 4 aromatic rings. The van der Waals surface area contributed by atoms with Crippen molar-refractivity contribution in [2.24, 2.45) is 0 Å². The van der Waals surface area contributed by atoms with Gasteiger partial charge < -0.3 is 9.73 Å². The van der Waals surface area contributed by atoms with Gasteiger partial charge in [-0.1, -0.05) is 6.07 Å². The van der Waals surface area contributed by atoms with Crippen LogP contribution in [0.5, 0.6) is 0 Å². The summed E-state index contributed by atoms with van der Waals surface area (Å²) in [7, 11) is 0. The van der Waals surface area contributed by atoms with Crippen LogP contribution in [0, 0.1) is 0 Å². The van der Waals surface area contributed by atoms with Crippen molar-refractivity contribution >= 4 is 34.0 Å². The summed E-state index contributed by atoms with van der Waals surface area (Å²) >= 11 is 1.59. The monoisotopic (exact) mass is 350 g/mol. The van der Waals surface area contributed by atoms with Crippen molar-refractivity contribution in [3.8, 4) is 10.6 Å². The van der Waals surface area contributed by atoms with Crippen LogP contribution in [-0.4, -0.2) is 21.1 Å². The highest BCUT2D eigenvalue weighted by molar-refractivity contribution is 7.13. The van der Waals surface area contributed by atoms with Gasteiger partial charge in [-0.05, 0) is 48.6 Å². The molecule has 1 aliphatic rings. The first-order valence-electron chi connectivity index (χ1n) is 8.07. The van der Waals surface area contributed by atoms with Crippen molar-refractivity contribution in [1.29, 1.82) is 0 Å². The predicted molar refractivity (Wildman–Crippen MR) is 95.8 cm³/mol. The van der Waals surface area contributed by atoms with Gasteiger partial charge in [0.15, 0.2) is 17.2 Å². The molecule has 6 nitrogen and oxygen atoms in total. The van der Waals surface area contributed by atoms with E-state index in [1.807, 2.05) is 35.7 Å². The molecule has 1 aliphatic carbocycles. The fraction of sp³-hybridized carbons (Fsp3) is 0.167. The fourth-order valence-corrected chi connectivity index (χ4v) is 3.41. The number of fused-ring (bicyclic) bond motifs is 1. The van der Waals surface area contributed by atoms with Gasteiger partial charge in [0, 0.05) is 11.6 Å². The summed E-state index contributed by atoms with van der Waals surface area (Å²) in [5.41, 5.74) is 3.37. The zero-order chi connectivity index (χ0) is 16.8. The topological polar surface area (TPSA) is 83.8 Å². The minimum absolute atomic E-state index is 0.260. The second-order valence-electron chi connectivity index (χ2n) is 6.11. The molecule has 0 radical (unpaired) electrons. The Kier molecular flexibility index (Phi) is 3.21. The maximum atomic E-state index is 12.4. The molecule has 3 aromatic heterocycles. The number of amides is 1. The number of nitrogens with zero attached hydrogens (tertiary/aromatic N) is 2. The summed E-state index contributed by atoms with van der Waals surface area (Å²) in [6.07, 6.45) is 2.28. The molecule has 0 spiro atoms. The number of carbonyl (C=O) groups is 1. The largest absolute Gasteiger partial charge is 0.440 e. The van der Waals surface area contributed by atoms with Gasteiger partial charge in [-0.15, -0.1) is 11.3 Å². The molecule has 0 atom stereocenters. The lowest BCUT2D eigenvalue weighted by Crippen LogP contribution is -2.12. The molecule has 2 N–H and O–H groups in total. The van der Waals surface area contributed by atoms with Crippen LogP contribution in [0.25, 0.3) is 21.7 Å². The first kappa shape index (κ1) is 14.4. The van der Waals surface area contributed by atoms with Crippen molar-refractivity contribution in [2.75, 3.05) is 5.32 Å². The lowest BCUT2D eigenvalue weighted by Gasteiger charge is -2.02. The number of hydrogen-bond acceptors (Lipinski definition) is 5. The minimum atomic E-state index is -0.260. The minimum Gasteiger partial charge on any atom is -0.440 e. The number of oxazole rings is 1. The van der Waals surface area contributed by atoms with E-state index in [2.05, 4.69) is 20.5 Å². The molecule has 0 unspecified atom stereocenters. The van der Waals surface area contributed by atoms with Gasteiger partial charge in [-0.2, -0.15) is 5.10 Å². The van der Waals surface area contributed by atoms with E-state index in [1.165, 1.54) is 0 Å². The molecule has 1 fully saturated rings. The van der Waals surface area contributed by atoms with Crippen LogP contribution >= 0.6 is 11.3 Å². The molecule has 5 rings (SSSR count). The van der Waals surface area contributed by atoms with Crippen LogP contribution in [0.2, 0.25) is 0 Å². The van der Waals surface area contributed by atoms with Crippen molar-refractivity contribution in [2.45, 2.75) is 18.8 Å². The molecule has 3 heterocycles. The fourth-order valence-electron chi connectivity index (χ4n) is 2.72. The molecule has 25 heavy (non-hydrogen) atoms. The molecule has 7 heteroatoms. The Morgan fingerprint density at radius 1 is 1.28 bits per heavy atom. The van der Waals surface area contributed by atoms with Crippen LogP contribution in [-0.2, 0) is 0 Å². The second-order valence-corrected chi connectivity index (χ2v) is 7.05. The van der Waals surface area contributed by atoms with Crippen LogP contribution in [0.4, 0.5) is 5.69 Å². The highest BCUT2D eigenvalue weighted by Crippen LogP contribution is 2.40. The van der Waals surface area contributed by atoms with Crippen molar-refractivity contribution in [1.82, 2.24) is 15.2 Å². The second kappa shape index (κ2) is 5.56. The average molecular weight is 350 g/mol. The zero-order valence-electron chi connectivity index (χ0n) is 13.2. The third-order valence-corrected chi connectivity index (χ3v) is 5.09. The van der Waals surface area contributed by atoms with E-state index < -0.39 is 0 Å². The number of aromatic amines is 1. The molecule has 1 saturated carbocycles. The number of thiophene rings is 1. The number of anilines is 1. The summed E-state index contributed by atoms with van der Waals surface area (Å²) in [5.74, 6) is 1.00. The molecular weight excluding hydrogens is 336 g/mol. The third-order valence-electron chi connectivity index (χ3n) is 4.19. The third kappa shape index (κ3) is 2.72. The molecule has 0 saturated heterocycles. The Balaban J connectivity index is 1.37. The standard InChI is InChI=1S/C18H14N4O2S/c23-17(14-9-13(21-22-14)16-2-1-7-25-16)19-11-5-6-15-12(8-11)20-18(24-15)10-3-4-10/h1-2,5-10H,3-4H2,(H,19,23)(H,21,22). The van der Waals surface area contributed by atoms with Crippen LogP contribution in [0.3, 0.4) is 0 Å². The van der Waals surface area contributed by atoms with Crippen molar-refractivity contribution in [3.63, 3.8) is 0 Å². The van der Waals surface area contributed by atoms with E-state index in [4.69, 9.17) is 4.42 Å². The summed E-state index contributed by atoms with van der Waals surface area (Å²) in [6, 6.07) is 11.2. The molecule has 124 valence electrons. The smallest absolute Gasteiger partial charge is 0.276 e. The molecule has 1 aromatic carbocycles. The van der Waals surface area contributed by atoms with Gasteiger partial charge in [0.05, 0.1) is 10.6 Å². The number of hydrogen-bond donors (Lipinski definition) is 2. The summed E-state index contributed by atoms with van der Waals surface area (Å²) in [6.45, 7) is 0. The van der Waals surface area contributed by atoms with Gasteiger partial charge in [-0.3, -0.25) is 9.89 Å². The summed E-state index contributed by atoms with van der Waals surface area (Å²) in [5, 5.41) is 11.8. The van der Waals surface area contributed by atoms with Crippen molar-refractivity contribution in [3.05, 3.63) is 53.4 Å². The van der Waals surface area contributed by atoms with E-state index in [9.17, 15) is 4.79 Å². The van der Waals surface area contributed by atoms with Crippen molar-refractivity contribution < 1.29 is 9.21 Å². The van der Waals surface area contributed by atoms with Gasteiger partial charge >= 0.3 is 0 Å². The lowest BCUT2D eigenvalue weighted by atomic mass is 10.2. The lowest BCUT2D eigenvalue weighted by molar-refractivity contribution is 0.102. The molecular formula is C18H14N4O2S. The SMILES string of the molecule is O=C(Nc1ccc2oc(C3CC3)nc2c1)c1cc(-c2cccs2)[nH]n1. The first-order chi connectivity index (χ1) is 12.3. The maximum Gasteiger partial charge on any atom is 0.276 e. The maximum absolute atomic E-state index is 12.4. The van der Waals surface area contributed by atoms with E-state index in [-0.39, 0.29) is 5.91 Å². The summed E-state index contributed by atoms with van der Waals surface area (Å²) in [4.78, 5) is 18.0. The molecule has 0 aliphatic heterocycles. The quantitative estimate of drug-likeness (QED) is 0.571. The molecule has 1 amide bonds. The van der Waals surface area contributed by atoms with Crippen LogP contribution in [0.15, 0.2) is 46.2 Å². The molecule has 0 bridgehead atoms. The Bertz CT molecular complexity index is 1060. The predicted octanol–water partition coefficient (Wildman–Crippen LogP) is 4.41. The van der Waals surface area contributed by atoms with E-state index in [0.717, 1.165) is 40.4 Å². The first-order valence-corrected chi connectivity index (χ1v) is 8.95. The highest BCUT2D eigenvalue weighted by Gasteiger charge is 2.28. The number of aromatic nitrogens is 3. The number of rotatable bonds is 4. The van der Waals surface area contributed by atoms with Crippen LogP contribution < -0.4 is 5.32 Å². The number of nitrogens with one attached hydrogen (secondary N) is 2. The normalized spacial score (nSPS) is 14.1. The van der Waals surface area contributed by atoms with Crippen LogP contribution in [0.1, 0.15) is 35.1 Å². The number of H-pyrrole nitrogens is 1. The number of benzene rings is 1.